The predicted molar refractivity (Wildman–Crippen MR) is 39.2 cm³/mol. The summed E-state index contributed by atoms with van der Waals surface area (Å²) in [6, 6.07) is 0. The number of piperidine rings is 1. The molecule has 0 bridgehead atoms. The Bertz CT molecular complexity index is 200. The fourth-order valence-corrected chi connectivity index (χ4v) is 1.15. The van der Waals surface area contributed by atoms with E-state index in [1.165, 1.54) is 0 Å². The molecule has 0 aromatic heterocycles. The summed E-state index contributed by atoms with van der Waals surface area (Å²) >= 11 is 0. The minimum Gasteiger partial charge on any atom is -0.392 e. The highest BCUT2D eigenvalue weighted by atomic mass is 16.4. The third-order valence-corrected chi connectivity index (χ3v) is 2.04. The van der Waals surface area contributed by atoms with Crippen LogP contribution in [-0.2, 0) is 0 Å². The van der Waals surface area contributed by atoms with Gasteiger partial charge in [0.15, 0.2) is 5.72 Å². The van der Waals surface area contributed by atoms with Crippen LogP contribution in [0.4, 0.5) is 0 Å². The standard InChI is InChI=1S/C6H13NO6/c8-1-6(13)4(11)2(9)3(10)5(12)7-6/h2-5,7-13H,1H2/t2-,3-,4-,5?,6-/m1/s1/i/hD. The fourth-order valence-electron chi connectivity index (χ4n) is 1.15. The smallest absolute Gasteiger partial charge is 0.170 e. The Morgan fingerprint density at radius 2 is 1.77 bits per heavy atom. The first kappa shape index (κ1) is 9.28. The molecule has 1 fully saturated rings. The minimum absolute atomic E-state index is 0.0506. The second-order valence-electron chi connectivity index (χ2n) is 3.01. The van der Waals surface area contributed by atoms with Gasteiger partial charge in [-0.15, -0.1) is 0 Å². The summed E-state index contributed by atoms with van der Waals surface area (Å²) in [6.45, 7) is -1.06. The molecule has 13 heavy (non-hydrogen) atoms. The summed E-state index contributed by atoms with van der Waals surface area (Å²) in [6.07, 6.45) is -7.44. The Hall–Kier alpha value is -0.280. The normalized spacial score (nSPS) is 54.8. The van der Waals surface area contributed by atoms with Crippen molar-refractivity contribution in [3.05, 3.63) is 0 Å². The van der Waals surface area contributed by atoms with Gasteiger partial charge in [-0.05, 0) is 0 Å². The second-order valence-corrected chi connectivity index (χ2v) is 3.01. The molecule has 1 unspecified atom stereocenters. The summed E-state index contributed by atoms with van der Waals surface area (Å²) in [5.74, 6) is 0. The highest BCUT2D eigenvalue weighted by molar-refractivity contribution is 4.98. The van der Waals surface area contributed by atoms with Gasteiger partial charge in [-0.1, -0.05) is 0 Å². The van der Waals surface area contributed by atoms with Crippen molar-refractivity contribution in [2.45, 2.75) is 30.3 Å². The van der Waals surface area contributed by atoms with Gasteiger partial charge in [0.05, 0.1) is 6.61 Å². The van der Waals surface area contributed by atoms with Crippen molar-refractivity contribution < 1.29 is 32.1 Å². The molecule has 5 atom stereocenters. The molecule has 1 aliphatic heterocycles. The highest BCUT2D eigenvalue weighted by Crippen LogP contribution is 2.20. The molecule has 1 rings (SSSR count). The van der Waals surface area contributed by atoms with Crippen molar-refractivity contribution in [1.29, 1.82) is 0 Å². The topological polar surface area (TPSA) is 133 Å². The Morgan fingerprint density at radius 1 is 1.23 bits per heavy atom. The molecular formula is C6H13NO6. The van der Waals surface area contributed by atoms with E-state index in [4.69, 9.17) is 21.8 Å². The van der Waals surface area contributed by atoms with Gasteiger partial charge in [-0.3, -0.25) is 5.31 Å². The molecule has 0 radical (unpaired) electrons. The minimum atomic E-state index is -2.49. The lowest BCUT2D eigenvalue weighted by Crippen LogP contribution is -2.73. The van der Waals surface area contributed by atoms with Gasteiger partial charge in [0.1, 0.15) is 26.0 Å². The summed E-state index contributed by atoms with van der Waals surface area (Å²) in [5, 5.41) is 54.9. The van der Waals surface area contributed by atoms with Crippen LogP contribution >= 0.6 is 0 Å². The van der Waals surface area contributed by atoms with Crippen molar-refractivity contribution >= 4 is 0 Å². The summed E-state index contributed by atoms with van der Waals surface area (Å²) in [4.78, 5) is 0. The molecule has 0 aliphatic carbocycles. The molecule has 0 aromatic rings. The van der Waals surface area contributed by atoms with Gasteiger partial charge in [0, 0.05) is 0 Å². The van der Waals surface area contributed by atoms with Crippen molar-refractivity contribution in [3.63, 3.8) is 0 Å². The van der Waals surface area contributed by atoms with Gasteiger partial charge in [-0.2, -0.15) is 0 Å². The zero-order valence-electron chi connectivity index (χ0n) is 7.65. The number of aliphatic hydroxyl groups is 6. The lowest BCUT2D eigenvalue weighted by atomic mass is 9.92. The van der Waals surface area contributed by atoms with E-state index in [0.29, 0.717) is 0 Å². The molecule has 1 heterocycles. The van der Waals surface area contributed by atoms with E-state index < -0.39 is 36.9 Å². The maximum absolute atomic E-state index is 9.48. The van der Waals surface area contributed by atoms with Crippen LogP contribution in [0.2, 0.25) is 1.41 Å². The summed E-state index contributed by atoms with van der Waals surface area (Å²) < 4.78 is 7.13. The fraction of sp³-hybridized carbons (Fsp3) is 1.00. The van der Waals surface area contributed by atoms with Gasteiger partial charge in [0.2, 0.25) is 0 Å². The number of aliphatic hydroxyl groups excluding tert-OH is 5. The maximum atomic E-state index is 9.48. The molecular weight excluding hydrogens is 182 g/mol. The molecule has 7 heteroatoms. The largest absolute Gasteiger partial charge is 0.392 e. The van der Waals surface area contributed by atoms with Gasteiger partial charge in [0.25, 0.3) is 0 Å². The number of rotatable bonds is 1. The predicted octanol–water partition coefficient (Wildman–Crippen LogP) is -4.33. The van der Waals surface area contributed by atoms with E-state index in [1.54, 1.807) is 0 Å². The van der Waals surface area contributed by atoms with E-state index >= 15 is 0 Å². The van der Waals surface area contributed by atoms with Crippen LogP contribution in [0, 0.1) is 0 Å². The average molecular weight is 196 g/mol. The van der Waals surface area contributed by atoms with E-state index in [9.17, 15) is 10.2 Å². The lowest BCUT2D eigenvalue weighted by Gasteiger charge is -2.44. The first-order valence-electron chi connectivity index (χ1n) is 4.14. The molecule has 0 spiro atoms. The molecule has 7 N–H and O–H groups in total. The number of nitrogens with one attached hydrogen (secondary N) is 1. The first-order valence-corrected chi connectivity index (χ1v) is 3.70. The van der Waals surface area contributed by atoms with Gasteiger partial charge < -0.3 is 30.6 Å². The second kappa shape index (κ2) is 3.46. The van der Waals surface area contributed by atoms with Crippen molar-refractivity contribution in [2.75, 3.05) is 6.61 Å². The Kier molecular flexibility index (Phi) is 2.47. The Labute approximate surface area is 75.3 Å². The third kappa shape index (κ3) is 1.67. The SMILES string of the molecule is [2H]N1C(O)[C@H](O)[C@@H](O)[C@@H](O)[C@]1(O)CO. The van der Waals surface area contributed by atoms with Crippen LogP contribution in [0.15, 0.2) is 0 Å². The monoisotopic (exact) mass is 196 g/mol. The zero-order chi connectivity index (χ0) is 11.1. The van der Waals surface area contributed by atoms with Crippen LogP contribution < -0.4 is 5.31 Å². The molecule has 78 valence electrons. The van der Waals surface area contributed by atoms with Crippen molar-refractivity contribution in [3.8, 4) is 0 Å². The Morgan fingerprint density at radius 3 is 2.23 bits per heavy atom. The van der Waals surface area contributed by atoms with Crippen molar-refractivity contribution in [1.82, 2.24) is 5.31 Å². The van der Waals surface area contributed by atoms with Crippen LogP contribution in [0.1, 0.15) is 0 Å². The lowest BCUT2D eigenvalue weighted by molar-refractivity contribution is -0.247. The van der Waals surface area contributed by atoms with E-state index in [1.807, 2.05) is 0 Å². The number of hydrogen-bond acceptors (Lipinski definition) is 7. The average Bonchev–Trinajstić information content (AvgIpc) is 2.21. The summed E-state index contributed by atoms with van der Waals surface area (Å²) in [5.41, 5.74) is -2.49. The van der Waals surface area contributed by atoms with Gasteiger partial charge >= 0.3 is 0 Å². The first-order chi connectivity index (χ1) is 6.36. The Balaban J connectivity index is 2.98. The molecule has 1 aliphatic rings. The summed E-state index contributed by atoms with van der Waals surface area (Å²) in [7, 11) is 0. The van der Waals surface area contributed by atoms with Crippen LogP contribution in [-0.4, -0.2) is 67.5 Å². The zero-order valence-corrected chi connectivity index (χ0v) is 6.65. The van der Waals surface area contributed by atoms with Crippen LogP contribution in [0.3, 0.4) is 0 Å². The molecule has 0 aromatic carbocycles. The quantitative estimate of drug-likeness (QED) is 0.225. The molecule has 7 nitrogen and oxygen atoms in total. The maximum Gasteiger partial charge on any atom is 0.170 e. The van der Waals surface area contributed by atoms with E-state index in [2.05, 4.69) is 0 Å². The number of hydrogen-bond donors (Lipinski definition) is 7. The molecule has 0 amide bonds. The van der Waals surface area contributed by atoms with E-state index in [-0.39, 0.29) is 5.31 Å². The van der Waals surface area contributed by atoms with Crippen molar-refractivity contribution in [2.24, 2.45) is 0 Å². The highest BCUT2D eigenvalue weighted by Gasteiger charge is 2.50. The third-order valence-electron chi connectivity index (χ3n) is 2.04. The van der Waals surface area contributed by atoms with Crippen LogP contribution in [0.5, 0.6) is 0 Å². The molecule has 1 saturated heterocycles. The van der Waals surface area contributed by atoms with Crippen LogP contribution in [0.25, 0.3) is 0 Å². The van der Waals surface area contributed by atoms with Gasteiger partial charge in [-0.25, -0.2) is 0 Å². The van der Waals surface area contributed by atoms with E-state index in [0.717, 1.165) is 0 Å². The molecule has 0 saturated carbocycles.